The predicted molar refractivity (Wildman–Crippen MR) is 110 cm³/mol. The highest BCUT2D eigenvalue weighted by atomic mass is 35.5. The summed E-state index contributed by atoms with van der Waals surface area (Å²) in [4.78, 5) is 35.8. The van der Waals surface area contributed by atoms with Gasteiger partial charge in [-0.15, -0.1) is 0 Å². The molecule has 1 aromatic carbocycles. The fourth-order valence-corrected chi connectivity index (χ4v) is 4.11. The summed E-state index contributed by atoms with van der Waals surface area (Å²) in [5, 5.41) is 0.634. The second kappa shape index (κ2) is 9.83. The maximum Gasteiger partial charge on any atom is 0.314 e. The number of halogens is 1. The van der Waals surface area contributed by atoms with E-state index in [0.717, 1.165) is 17.7 Å². The summed E-state index contributed by atoms with van der Waals surface area (Å²) in [5.41, 5.74) is 1.01. The number of rotatable bonds is 7. The molecule has 1 amide bonds. The fourth-order valence-electron chi connectivity index (χ4n) is 3.90. The lowest BCUT2D eigenvalue weighted by Gasteiger charge is -2.41. The minimum Gasteiger partial charge on any atom is -0.466 e. The zero-order valence-corrected chi connectivity index (χ0v) is 17.4. The molecule has 0 bridgehead atoms. The van der Waals surface area contributed by atoms with Gasteiger partial charge in [-0.3, -0.25) is 19.6 Å². The molecule has 0 radical (unpaired) electrons. The van der Waals surface area contributed by atoms with Crippen LogP contribution in [0.15, 0.2) is 42.9 Å². The van der Waals surface area contributed by atoms with Crippen LogP contribution in [0.3, 0.4) is 0 Å². The van der Waals surface area contributed by atoms with Crippen LogP contribution in [0, 0.1) is 5.41 Å². The minimum atomic E-state index is -0.749. The number of aryl methyl sites for hydroxylation is 1. The van der Waals surface area contributed by atoms with Crippen LogP contribution in [-0.4, -0.2) is 46.4 Å². The number of amides is 1. The molecule has 1 fully saturated rings. The van der Waals surface area contributed by atoms with Crippen LogP contribution >= 0.6 is 11.6 Å². The molecule has 0 unspecified atom stereocenters. The Hall–Kier alpha value is -2.47. The van der Waals surface area contributed by atoms with Crippen molar-refractivity contribution in [1.82, 2.24) is 14.9 Å². The molecule has 1 aromatic heterocycles. The van der Waals surface area contributed by atoms with E-state index in [1.165, 1.54) is 0 Å². The van der Waals surface area contributed by atoms with Gasteiger partial charge in [0.25, 0.3) is 0 Å². The van der Waals surface area contributed by atoms with E-state index in [9.17, 15) is 9.59 Å². The number of piperidine rings is 1. The molecule has 1 saturated heterocycles. The van der Waals surface area contributed by atoms with E-state index in [1.807, 2.05) is 24.3 Å². The quantitative estimate of drug-likeness (QED) is 0.647. The summed E-state index contributed by atoms with van der Waals surface area (Å²) in [6.07, 6.45) is 7.73. The molecule has 3 rings (SSSR count). The maximum atomic E-state index is 12.9. The van der Waals surface area contributed by atoms with Gasteiger partial charge >= 0.3 is 5.97 Å². The molecule has 2 heterocycles. The molecule has 0 spiro atoms. The van der Waals surface area contributed by atoms with Crippen molar-refractivity contribution in [3.8, 4) is 0 Å². The molecular weight excluding hydrogens is 390 g/mol. The topological polar surface area (TPSA) is 72.4 Å². The third-order valence-electron chi connectivity index (χ3n) is 5.28. The molecule has 1 aliphatic rings. The number of ether oxygens (including phenoxy) is 1. The van der Waals surface area contributed by atoms with Crippen LogP contribution in [0.25, 0.3) is 0 Å². The normalized spacial score (nSPS) is 19.0. The first-order valence-corrected chi connectivity index (χ1v) is 10.3. The number of nitrogens with zero attached hydrogens (tertiary/aromatic N) is 3. The highest BCUT2D eigenvalue weighted by Crippen LogP contribution is 2.36. The van der Waals surface area contributed by atoms with E-state index in [0.29, 0.717) is 50.4 Å². The Kier molecular flexibility index (Phi) is 7.20. The van der Waals surface area contributed by atoms with Crippen molar-refractivity contribution in [1.29, 1.82) is 0 Å². The van der Waals surface area contributed by atoms with Crippen LogP contribution in [0.4, 0.5) is 0 Å². The third kappa shape index (κ3) is 5.54. The van der Waals surface area contributed by atoms with E-state index in [1.54, 1.807) is 30.4 Å². The van der Waals surface area contributed by atoms with Crippen LogP contribution in [0.5, 0.6) is 0 Å². The summed E-state index contributed by atoms with van der Waals surface area (Å²) in [6.45, 7) is 3.13. The van der Waals surface area contributed by atoms with Gasteiger partial charge in [0.05, 0.1) is 17.7 Å². The van der Waals surface area contributed by atoms with Crippen LogP contribution < -0.4 is 0 Å². The largest absolute Gasteiger partial charge is 0.466 e. The third-order valence-corrected chi connectivity index (χ3v) is 5.52. The average Bonchev–Trinajstić information content (AvgIpc) is 2.73. The van der Waals surface area contributed by atoms with Crippen molar-refractivity contribution in [2.75, 3.05) is 19.7 Å². The molecule has 29 heavy (non-hydrogen) atoms. The number of esters is 1. The van der Waals surface area contributed by atoms with Crippen molar-refractivity contribution >= 4 is 23.5 Å². The number of hydrogen-bond acceptors (Lipinski definition) is 5. The van der Waals surface area contributed by atoms with E-state index < -0.39 is 5.41 Å². The molecule has 1 aliphatic heterocycles. The van der Waals surface area contributed by atoms with E-state index >= 15 is 0 Å². The lowest BCUT2D eigenvalue weighted by atomic mass is 9.75. The van der Waals surface area contributed by atoms with Gasteiger partial charge < -0.3 is 9.64 Å². The Morgan fingerprint density at radius 1 is 1.31 bits per heavy atom. The zero-order valence-electron chi connectivity index (χ0n) is 16.6. The standard InChI is InChI=1S/C22H26ClN3O3/c1-2-29-21(28)22(14-17-5-3-6-18(23)13-17)9-4-12-26(16-22)20(27)8-7-19-15-24-10-11-25-19/h3,5-6,10-11,13,15H,2,4,7-9,12,14,16H2,1H3/t22-/m1/s1. The highest BCUT2D eigenvalue weighted by Gasteiger charge is 2.44. The average molecular weight is 416 g/mol. The van der Waals surface area contributed by atoms with Gasteiger partial charge in [0, 0.05) is 43.1 Å². The van der Waals surface area contributed by atoms with Crippen LogP contribution in [0.1, 0.15) is 37.4 Å². The van der Waals surface area contributed by atoms with E-state index in [2.05, 4.69) is 9.97 Å². The first kappa shape index (κ1) is 21.2. The van der Waals surface area contributed by atoms with Gasteiger partial charge in [0.2, 0.25) is 5.91 Å². The second-order valence-corrected chi connectivity index (χ2v) is 7.86. The van der Waals surface area contributed by atoms with Gasteiger partial charge in [-0.1, -0.05) is 23.7 Å². The number of carbonyl (C=O) groups excluding carboxylic acids is 2. The second-order valence-electron chi connectivity index (χ2n) is 7.42. The number of carbonyl (C=O) groups is 2. The number of likely N-dealkylation sites (tertiary alicyclic amines) is 1. The number of hydrogen-bond donors (Lipinski definition) is 0. The van der Waals surface area contributed by atoms with Crippen LogP contribution in [0.2, 0.25) is 5.02 Å². The Morgan fingerprint density at radius 3 is 2.90 bits per heavy atom. The summed E-state index contributed by atoms with van der Waals surface area (Å²) in [7, 11) is 0. The van der Waals surface area contributed by atoms with E-state index in [-0.39, 0.29) is 11.9 Å². The molecule has 2 aromatic rings. The van der Waals surface area contributed by atoms with Crippen molar-refractivity contribution < 1.29 is 14.3 Å². The molecular formula is C22H26ClN3O3. The Labute approximate surface area is 176 Å². The molecule has 6 nitrogen and oxygen atoms in total. The van der Waals surface area contributed by atoms with Gasteiger partial charge in [0.15, 0.2) is 0 Å². The van der Waals surface area contributed by atoms with E-state index in [4.69, 9.17) is 16.3 Å². The summed E-state index contributed by atoms with van der Waals surface area (Å²) < 4.78 is 5.42. The van der Waals surface area contributed by atoms with Crippen molar-refractivity contribution in [3.05, 3.63) is 59.1 Å². The minimum absolute atomic E-state index is 0.0233. The Bertz CT molecular complexity index is 846. The van der Waals surface area contributed by atoms with Gasteiger partial charge in [-0.05, 0) is 50.3 Å². The summed E-state index contributed by atoms with van der Waals surface area (Å²) >= 11 is 6.14. The first-order valence-electron chi connectivity index (χ1n) is 9.97. The zero-order chi connectivity index (χ0) is 20.7. The fraction of sp³-hybridized carbons (Fsp3) is 0.455. The molecule has 0 aliphatic carbocycles. The lowest BCUT2D eigenvalue weighted by Crippen LogP contribution is -2.51. The summed E-state index contributed by atoms with van der Waals surface area (Å²) in [5.74, 6) is -0.221. The number of benzene rings is 1. The molecule has 1 atom stereocenters. The Balaban J connectivity index is 1.74. The molecule has 0 saturated carbocycles. The molecule has 7 heteroatoms. The lowest BCUT2D eigenvalue weighted by molar-refractivity contribution is -0.160. The monoisotopic (exact) mass is 415 g/mol. The molecule has 0 N–H and O–H groups in total. The smallest absolute Gasteiger partial charge is 0.314 e. The van der Waals surface area contributed by atoms with Crippen molar-refractivity contribution in [2.24, 2.45) is 5.41 Å². The SMILES string of the molecule is CCOC(=O)[C@@]1(Cc2cccc(Cl)c2)CCCN(C(=O)CCc2cnccn2)C1. The van der Waals surface area contributed by atoms with Crippen LogP contribution in [-0.2, 0) is 27.2 Å². The van der Waals surface area contributed by atoms with Crippen molar-refractivity contribution in [3.63, 3.8) is 0 Å². The van der Waals surface area contributed by atoms with Gasteiger partial charge in [-0.2, -0.15) is 0 Å². The van der Waals surface area contributed by atoms with Gasteiger partial charge in [0.1, 0.15) is 0 Å². The van der Waals surface area contributed by atoms with Gasteiger partial charge in [-0.25, -0.2) is 0 Å². The maximum absolute atomic E-state index is 12.9. The Morgan fingerprint density at radius 2 is 2.17 bits per heavy atom. The number of aromatic nitrogens is 2. The predicted octanol–water partition coefficient (Wildman–Crippen LogP) is 3.48. The highest BCUT2D eigenvalue weighted by molar-refractivity contribution is 6.30. The molecule has 154 valence electrons. The first-order chi connectivity index (χ1) is 14.0. The van der Waals surface area contributed by atoms with Crippen molar-refractivity contribution in [2.45, 2.75) is 39.0 Å². The summed E-state index contributed by atoms with van der Waals surface area (Å²) in [6, 6.07) is 7.52.